The molecule has 5 amide bonds. The highest BCUT2D eigenvalue weighted by molar-refractivity contribution is 5.81. The highest BCUT2D eigenvalue weighted by atomic mass is 16.7. The lowest BCUT2D eigenvalue weighted by molar-refractivity contribution is -0.385. The molecule has 31 heteroatoms. The summed E-state index contributed by atoms with van der Waals surface area (Å²) in [5.74, 6) is -2.38. The van der Waals surface area contributed by atoms with Gasteiger partial charge in [-0.3, -0.25) is 35.1 Å². The highest BCUT2D eigenvalue weighted by Crippen LogP contribution is 2.39. The number of nitrogens with two attached hydrogens (primary N) is 1. The van der Waals surface area contributed by atoms with Crippen molar-refractivity contribution in [1.29, 1.82) is 0 Å². The number of hydrogen-bond acceptors (Lipinski definition) is 23. The number of aliphatic hydroxyl groups excluding tert-OH is 3. The van der Waals surface area contributed by atoms with E-state index in [1.807, 2.05) is 0 Å². The zero-order valence-corrected chi connectivity index (χ0v) is 45.7. The van der Waals surface area contributed by atoms with Gasteiger partial charge in [0.1, 0.15) is 61.2 Å². The topological polar surface area (TPSA) is 438 Å². The van der Waals surface area contributed by atoms with Crippen molar-refractivity contribution in [3.8, 4) is 0 Å². The average molecular weight is 1170 g/mol. The molecule has 6 rings (SSSR count). The minimum atomic E-state index is -1.97. The predicted molar refractivity (Wildman–Crippen MR) is 284 cm³/mol. The summed E-state index contributed by atoms with van der Waals surface area (Å²) in [5.41, 5.74) is 3.60. The van der Waals surface area contributed by atoms with Gasteiger partial charge in [-0.05, 0) is 106 Å². The number of hydrogen-bond donors (Lipinski definition) is 9. The molecule has 0 aromatic heterocycles. The Labute approximate surface area is 473 Å². The van der Waals surface area contributed by atoms with E-state index in [1.165, 1.54) is 86.8 Å². The summed E-state index contributed by atoms with van der Waals surface area (Å²) in [4.78, 5) is 100. The van der Waals surface area contributed by atoms with Crippen LogP contribution in [0.5, 0.6) is 0 Å². The predicted octanol–water partition coefficient (Wildman–Crippen LogP) is 2.56. The number of aliphatic hydroxyl groups is 4. The van der Waals surface area contributed by atoms with E-state index in [0.717, 1.165) is 4.90 Å². The standard InChI is InChI=1S/C52H67N9O22/c1-51(2,3)83-50(69)58(5)44-41(64)46(80-27-52(44,4)70)82-43-37(55-45(65)38(62)20-21-54-47(66)77-24-28-6-12-31(13-7-28)59(71)72)22-36(57-49(68)79-26-30-10-16-33(17-11-30)61(75)76)39(40(43)63)42-35(19-18-34(23-53)81-42)56-48(67)78-25-29-8-14-32(15-9-29)60(73)74/h6-18,35-44,46,62-64,70H,19-27,53H2,1-5H3,(H,54,66)(H,55,65)(H,56,67)(H,57,68)/t35-,36+,37-,38-,39-,40+,41-,42?,43+,44-,46-,52+/m1/s1. The smallest absolute Gasteiger partial charge is 0.410 e. The van der Waals surface area contributed by atoms with E-state index in [2.05, 4.69) is 21.3 Å². The Morgan fingerprint density at radius 3 is 1.71 bits per heavy atom. The molecule has 1 saturated carbocycles. The lowest BCUT2D eigenvalue weighted by Gasteiger charge is -2.52. The lowest BCUT2D eigenvalue weighted by atomic mass is 9.72. The van der Waals surface area contributed by atoms with E-state index in [9.17, 15) is 74.7 Å². The number of nitro benzene ring substituents is 3. The molecule has 12 atom stereocenters. The number of ether oxygens (including phenoxy) is 7. The number of carbonyl (C=O) groups excluding carboxylic acids is 5. The van der Waals surface area contributed by atoms with Crippen LogP contribution in [-0.4, -0.2) is 169 Å². The normalized spacial score (nSPS) is 25.3. The van der Waals surface area contributed by atoms with Crippen LogP contribution in [0.4, 0.5) is 36.2 Å². The molecule has 0 spiro atoms. The zero-order chi connectivity index (χ0) is 60.9. The van der Waals surface area contributed by atoms with Gasteiger partial charge in [-0.25, -0.2) is 19.2 Å². The van der Waals surface area contributed by atoms with Gasteiger partial charge in [-0.2, -0.15) is 0 Å². The molecule has 1 aliphatic carbocycles. The molecule has 83 heavy (non-hydrogen) atoms. The van der Waals surface area contributed by atoms with E-state index in [0.29, 0.717) is 16.7 Å². The van der Waals surface area contributed by atoms with Crippen LogP contribution in [0, 0.1) is 36.3 Å². The fourth-order valence-electron chi connectivity index (χ4n) is 9.54. The quantitative estimate of drug-likeness (QED) is 0.0420. The van der Waals surface area contributed by atoms with Crippen LogP contribution in [0.2, 0.25) is 0 Å². The second-order valence-electron chi connectivity index (χ2n) is 21.0. The highest BCUT2D eigenvalue weighted by Gasteiger charge is 2.56. The van der Waals surface area contributed by atoms with Crippen LogP contribution in [0.3, 0.4) is 0 Å². The maximum atomic E-state index is 14.0. The van der Waals surface area contributed by atoms with E-state index >= 15 is 0 Å². The van der Waals surface area contributed by atoms with Gasteiger partial charge in [-0.1, -0.05) is 0 Å². The van der Waals surface area contributed by atoms with Crippen LogP contribution in [0.15, 0.2) is 84.6 Å². The molecule has 452 valence electrons. The zero-order valence-electron chi connectivity index (χ0n) is 45.7. The van der Waals surface area contributed by atoms with Crippen molar-refractivity contribution in [3.63, 3.8) is 0 Å². The summed E-state index contributed by atoms with van der Waals surface area (Å²) in [7, 11) is 1.26. The summed E-state index contributed by atoms with van der Waals surface area (Å²) < 4.78 is 40.3. The van der Waals surface area contributed by atoms with Crippen molar-refractivity contribution in [2.75, 3.05) is 26.7 Å². The molecule has 2 heterocycles. The van der Waals surface area contributed by atoms with Crippen molar-refractivity contribution in [3.05, 3.63) is 132 Å². The number of nitro groups is 3. The first-order valence-corrected chi connectivity index (χ1v) is 26.0. The summed E-state index contributed by atoms with van der Waals surface area (Å²) in [6.45, 7) is 3.88. The molecule has 10 N–H and O–H groups in total. The molecule has 3 aromatic rings. The molecule has 0 radical (unpaired) electrons. The second kappa shape index (κ2) is 28.1. The molecule has 1 unspecified atom stereocenters. The third kappa shape index (κ3) is 17.6. The average Bonchev–Trinajstić information content (AvgIpc) is 3.32. The maximum absolute atomic E-state index is 14.0. The number of likely N-dealkylation sites (N-methyl/N-ethyl adjacent to an activating group) is 1. The number of carbonyl (C=O) groups is 5. The van der Waals surface area contributed by atoms with Crippen molar-refractivity contribution < 1.29 is 92.3 Å². The molecule has 31 nitrogen and oxygen atoms in total. The van der Waals surface area contributed by atoms with Gasteiger partial charge in [0.15, 0.2) is 6.29 Å². The van der Waals surface area contributed by atoms with Crippen molar-refractivity contribution >= 4 is 47.3 Å². The molecule has 2 fully saturated rings. The largest absolute Gasteiger partial charge is 0.491 e. The SMILES string of the molecule is CN(C(=O)OC(C)(C)C)[C@@H]1[C@@H](O)[C@@H](O[C@@H]2[C@@H](O)[C@H](C3OC(CN)=CC[C@H]3NC(=O)OCc3ccc([N+](=O)[O-])cc3)[C@@H](NC(=O)OCc3ccc([N+](=O)[O-])cc3)C[C@H]2NC(=O)[C@H](O)CCNC(=O)OCc2ccc([N+](=O)[O-])cc2)OC[C@]1(C)O. The van der Waals surface area contributed by atoms with Gasteiger partial charge in [0.05, 0.1) is 52.2 Å². The summed E-state index contributed by atoms with van der Waals surface area (Å²) in [6.07, 6.45) is -14.2. The van der Waals surface area contributed by atoms with Crippen LogP contribution >= 0.6 is 0 Å². The van der Waals surface area contributed by atoms with E-state index < -0.39 is 149 Å². The van der Waals surface area contributed by atoms with Gasteiger partial charge in [0.2, 0.25) is 5.91 Å². The van der Waals surface area contributed by atoms with Crippen molar-refractivity contribution in [1.82, 2.24) is 26.2 Å². The number of alkyl carbamates (subject to hydrolysis) is 3. The third-order valence-corrected chi connectivity index (χ3v) is 13.6. The van der Waals surface area contributed by atoms with Crippen LogP contribution in [-0.2, 0) is 57.8 Å². The Hall–Kier alpha value is -8.33. The monoisotopic (exact) mass is 1170 g/mol. The second-order valence-corrected chi connectivity index (χ2v) is 21.0. The van der Waals surface area contributed by atoms with Gasteiger partial charge in [0, 0.05) is 62.0 Å². The fourth-order valence-corrected chi connectivity index (χ4v) is 9.54. The first kappa shape index (κ1) is 63.8. The third-order valence-electron chi connectivity index (χ3n) is 13.6. The number of nitrogens with one attached hydrogen (secondary N) is 4. The fraction of sp³-hybridized carbons (Fsp3) is 0.519. The van der Waals surface area contributed by atoms with Gasteiger partial charge in [-0.15, -0.1) is 0 Å². The molecule has 3 aromatic carbocycles. The number of non-ortho nitro benzene ring substituents is 3. The van der Waals surface area contributed by atoms with Crippen molar-refractivity contribution in [2.24, 2.45) is 11.7 Å². The Balaban J connectivity index is 1.30. The van der Waals surface area contributed by atoms with E-state index in [-0.39, 0.29) is 55.5 Å². The van der Waals surface area contributed by atoms with Crippen LogP contribution in [0.25, 0.3) is 0 Å². The van der Waals surface area contributed by atoms with E-state index in [4.69, 9.17) is 38.9 Å². The Bertz CT molecular complexity index is 2820. The number of amides is 5. The number of rotatable bonds is 21. The molecular weight excluding hydrogens is 1100 g/mol. The van der Waals surface area contributed by atoms with Crippen molar-refractivity contribution in [2.45, 2.75) is 139 Å². The molecular formula is C52H67N9O22. The molecule has 1 saturated heterocycles. The molecule has 2 aliphatic heterocycles. The Morgan fingerprint density at radius 1 is 0.759 bits per heavy atom. The number of benzene rings is 3. The minimum absolute atomic E-state index is 0.0287. The summed E-state index contributed by atoms with van der Waals surface area (Å²) in [5, 5.41) is 91.6. The van der Waals surface area contributed by atoms with Crippen LogP contribution < -0.4 is 27.0 Å². The molecule has 0 bridgehead atoms. The first-order valence-electron chi connectivity index (χ1n) is 26.0. The first-order chi connectivity index (χ1) is 39.1. The summed E-state index contributed by atoms with van der Waals surface area (Å²) >= 11 is 0. The van der Waals surface area contributed by atoms with E-state index in [1.54, 1.807) is 26.8 Å². The summed E-state index contributed by atoms with van der Waals surface area (Å²) in [6, 6.07) is 9.99. The molecule has 3 aliphatic rings. The van der Waals surface area contributed by atoms with Gasteiger partial charge >= 0.3 is 24.4 Å². The number of nitrogens with zero attached hydrogens (tertiary/aromatic N) is 4. The minimum Gasteiger partial charge on any atom is -0.491 e. The Morgan fingerprint density at radius 2 is 1.24 bits per heavy atom. The maximum Gasteiger partial charge on any atom is 0.410 e. The van der Waals surface area contributed by atoms with Gasteiger partial charge < -0.3 is 85.5 Å². The lowest BCUT2D eigenvalue weighted by Crippen LogP contribution is -2.71. The Kier molecular flexibility index (Phi) is 21.6. The van der Waals surface area contributed by atoms with Gasteiger partial charge in [0.25, 0.3) is 17.1 Å². The van der Waals surface area contributed by atoms with Crippen LogP contribution in [0.1, 0.15) is 63.6 Å².